The summed E-state index contributed by atoms with van der Waals surface area (Å²) in [4.78, 5) is 11.9. The molecular weight excluding hydrogens is 304 g/mol. The van der Waals surface area contributed by atoms with Crippen molar-refractivity contribution in [3.63, 3.8) is 0 Å². The summed E-state index contributed by atoms with van der Waals surface area (Å²) >= 11 is 0. The quantitative estimate of drug-likeness (QED) is 0.694. The van der Waals surface area contributed by atoms with E-state index in [1.54, 1.807) is 0 Å². The van der Waals surface area contributed by atoms with E-state index in [1.807, 2.05) is 55.5 Å². The zero-order valence-electron chi connectivity index (χ0n) is 14.0. The molecule has 0 bridgehead atoms. The molecule has 0 atom stereocenters. The Morgan fingerprint density at radius 3 is 2.50 bits per heavy atom. The van der Waals surface area contributed by atoms with E-state index >= 15 is 0 Å². The van der Waals surface area contributed by atoms with Gasteiger partial charge in [0.15, 0.2) is 0 Å². The molecule has 3 N–H and O–H groups in total. The van der Waals surface area contributed by atoms with Gasteiger partial charge in [-0.25, -0.2) is 0 Å². The van der Waals surface area contributed by atoms with Crippen LogP contribution in [-0.4, -0.2) is 25.7 Å². The molecule has 128 valence electrons. The number of anilines is 1. The second kappa shape index (κ2) is 9.57. The van der Waals surface area contributed by atoms with Gasteiger partial charge in [-0.05, 0) is 55.3 Å². The van der Waals surface area contributed by atoms with Crippen LogP contribution < -0.4 is 20.5 Å². The lowest BCUT2D eigenvalue weighted by Gasteiger charge is -2.09. The van der Waals surface area contributed by atoms with E-state index in [2.05, 4.69) is 5.32 Å². The van der Waals surface area contributed by atoms with E-state index in [9.17, 15) is 4.79 Å². The minimum absolute atomic E-state index is 0.0292. The summed E-state index contributed by atoms with van der Waals surface area (Å²) < 4.78 is 11.0. The first kappa shape index (κ1) is 17.8. The van der Waals surface area contributed by atoms with Crippen molar-refractivity contribution in [1.29, 1.82) is 0 Å². The van der Waals surface area contributed by atoms with E-state index in [4.69, 9.17) is 15.2 Å². The molecule has 0 unspecified atom stereocenters. The molecule has 0 aliphatic heterocycles. The van der Waals surface area contributed by atoms with E-state index < -0.39 is 0 Å². The average molecular weight is 328 g/mol. The first-order chi connectivity index (χ1) is 11.7. The lowest BCUT2D eigenvalue weighted by molar-refractivity contribution is -0.116. The van der Waals surface area contributed by atoms with Crippen LogP contribution >= 0.6 is 0 Å². The summed E-state index contributed by atoms with van der Waals surface area (Å²) in [5.41, 5.74) is 7.29. The molecule has 5 heteroatoms. The van der Waals surface area contributed by atoms with Crippen LogP contribution in [0.25, 0.3) is 0 Å². The van der Waals surface area contributed by atoms with E-state index in [0.717, 1.165) is 22.7 Å². The number of ether oxygens (including phenoxy) is 2. The van der Waals surface area contributed by atoms with Crippen molar-refractivity contribution in [2.24, 2.45) is 5.73 Å². The molecule has 0 fully saturated rings. The van der Waals surface area contributed by atoms with Crippen LogP contribution in [0.5, 0.6) is 11.5 Å². The van der Waals surface area contributed by atoms with Gasteiger partial charge in [-0.1, -0.05) is 12.1 Å². The van der Waals surface area contributed by atoms with Crippen molar-refractivity contribution in [3.8, 4) is 11.5 Å². The number of hydrogen-bond donors (Lipinski definition) is 2. The number of nitrogens with two attached hydrogens (primary N) is 1. The molecular formula is C19H24N2O3. The molecule has 0 aromatic heterocycles. The third-order valence-electron chi connectivity index (χ3n) is 3.33. The second-order valence-electron chi connectivity index (χ2n) is 5.48. The van der Waals surface area contributed by atoms with Gasteiger partial charge in [0.2, 0.25) is 5.91 Å². The maximum Gasteiger partial charge on any atom is 0.224 e. The molecule has 0 radical (unpaired) electrons. The first-order valence-electron chi connectivity index (χ1n) is 8.09. The Balaban J connectivity index is 1.67. The van der Waals surface area contributed by atoms with Gasteiger partial charge >= 0.3 is 0 Å². The minimum atomic E-state index is -0.0292. The molecule has 0 spiro atoms. The normalized spacial score (nSPS) is 10.2. The van der Waals surface area contributed by atoms with Gasteiger partial charge in [0.1, 0.15) is 18.1 Å². The van der Waals surface area contributed by atoms with Gasteiger partial charge in [0.25, 0.3) is 0 Å². The number of carbonyl (C=O) groups excluding carboxylic acids is 1. The molecule has 0 saturated carbocycles. The highest BCUT2D eigenvalue weighted by atomic mass is 16.5. The molecule has 24 heavy (non-hydrogen) atoms. The van der Waals surface area contributed by atoms with Crippen LogP contribution in [0.3, 0.4) is 0 Å². The molecule has 0 saturated heterocycles. The molecule has 0 heterocycles. The van der Waals surface area contributed by atoms with Crippen LogP contribution in [0.1, 0.15) is 18.4 Å². The molecule has 5 nitrogen and oxygen atoms in total. The monoisotopic (exact) mass is 328 g/mol. The Kier molecular flexibility index (Phi) is 7.11. The summed E-state index contributed by atoms with van der Waals surface area (Å²) in [5.74, 6) is 1.55. The van der Waals surface area contributed by atoms with Crippen molar-refractivity contribution < 1.29 is 14.3 Å². The van der Waals surface area contributed by atoms with Crippen molar-refractivity contribution in [2.45, 2.75) is 19.8 Å². The molecule has 2 rings (SSSR count). The van der Waals surface area contributed by atoms with Crippen molar-refractivity contribution in [3.05, 3.63) is 54.1 Å². The molecule has 1 amide bonds. The fourth-order valence-electron chi connectivity index (χ4n) is 2.16. The Bertz CT molecular complexity index is 641. The lowest BCUT2D eigenvalue weighted by Crippen LogP contribution is -2.13. The van der Waals surface area contributed by atoms with Crippen LogP contribution in [0.4, 0.5) is 5.69 Å². The smallest absolute Gasteiger partial charge is 0.224 e. The summed E-state index contributed by atoms with van der Waals surface area (Å²) in [6.45, 7) is 3.49. The lowest BCUT2D eigenvalue weighted by atomic mass is 10.2. The first-order valence-corrected chi connectivity index (χ1v) is 8.09. The summed E-state index contributed by atoms with van der Waals surface area (Å²) in [6.07, 6.45) is 1.08. The number of nitrogens with one attached hydrogen (secondary N) is 1. The zero-order chi connectivity index (χ0) is 17.2. The average Bonchev–Trinajstić information content (AvgIpc) is 2.58. The van der Waals surface area contributed by atoms with Gasteiger partial charge in [0.05, 0.1) is 6.61 Å². The fourth-order valence-corrected chi connectivity index (χ4v) is 2.16. The number of amides is 1. The SMILES string of the molecule is Cc1cccc(OCCCC(=O)Nc2ccc(OCCN)cc2)c1. The van der Waals surface area contributed by atoms with E-state index in [1.165, 1.54) is 0 Å². The largest absolute Gasteiger partial charge is 0.494 e. The predicted octanol–water partition coefficient (Wildman–Crippen LogP) is 3.13. The van der Waals surface area contributed by atoms with Crippen molar-refractivity contribution >= 4 is 11.6 Å². The Hall–Kier alpha value is -2.53. The Labute approximate surface area is 142 Å². The highest BCUT2D eigenvalue weighted by Crippen LogP contribution is 2.16. The van der Waals surface area contributed by atoms with Gasteiger partial charge in [-0.2, -0.15) is 0 Å². The third-order valence-corrected chi connectivity index (χ3v) is 3.33. The Morgan fingerprint density at radius 2 is 1.79 bits per heavy atom. The number of rotatable bonds is 9. The van der Waals surface area contributed by atoms with E-state index in [0.29, 0.717) is 32.6 Å². The van der Waals surface area contributed by atoms with Crippen LogP contribution in [0.15, 0.2) is 48.5 Å². The number of carbonyl (C=O) groups is 1. The second-order valence-corrected chi connectivity index (χ2v) is 5.48. The summed E-state index contributed by atoms with van der Waals surface area (Å²) in [7, 11) is 0. The van der Waals surface area contributed by atoms with Crippen LogP contribution in [0.2, 0.25) is 0 Å². The van der Waals surface area contributed by atoms with Gasteiger partial charge < -0.3 is 20.5 Å². The van der Waals surface area contributed by atoms with Crippen LogP contribution in [-0.2, 0) is 4.79 Å². The highest BCUT2D eigenvalue weighted by molar-refractivity contribution is 5.90. The van der Waals surface area contributed by atoms with E-state index in [-0.39, 0.29) is 5.91 Å². The number of aryl methyl sites for hydroxylation is 1. The van der Waals surface area contributed by atoms with Gasteiger partial charge in [-0.3, -0.25) is 4.79 Å². The molecule has 2 aromatic carbocycles. The van der Waals surface area contributed by atoms with Crippen LogP contribution in [0, 0.1) is 6.92 Å². The molecule has 0 aliphatic carbocycles. The zero-order valence-corrected chi connectivity index (χ0v) is 14.0. The summed E-state index contributed by atoms with van der Waals surface area (Å²) in [5, 5.41) is 2.86. The maximum absolute atomic E-state index is 11.9. The topological polar surface area (TPSA) is 73.6 Å². The number of hydrogen-bond acceptors (Lipinski definition) is 4. The molecule has 0 aliphatic rings. The predicted molar refractivity (Wildman–Crippen MR) is 95.5 cm³/mol. The summed E-state index contributed by atoms with van der Waals surface area (Å²) in [6, 6.07) is 15.1. The highest BCUT2D eigenvalue weighted by Gasteiger charge is 2.03. The van der Waals surface area contributed by atoms with Gasteiger partial charge in [-0.15, -0.1) is 0 Å². The number of benzene rings is 2. The van der Waals surface area contributed by atoms with Crippen molar-refractivity contribution in [1.82, 2.24) is 0 Å². The molecule has 2 aromatic rings. The minimum Gasteiger partial charge on any atom is -0.494 e. The fraction of sp³-hybridized carbons (Fsp3) is 0.316. The maximum atomic E-state index is 11.9. The van der Waals surface area contributed by atoms with Gasteiger partial charge in [0, 0.05) is 18.7 Å². The Morgan fingerprint density at radius 1 is 1.04 bits per heavy atom. The third kappa shape index (κ3) is 6.30. The van der Waals surface area contributed by atoms with Crippen molar-refractivity contribution in [2.75, 3.05) is 25.1 Å². The standard InChI is InChI=1S/C19H24N2O3/c1-15-4-2-5-18(14-15)23-12-3-6-19(22)21-16-7-9-17(10-8-16)24-13-11-20/h2,4-5,7-10,14H,3,6,11-13,20H2,1H3,(H,21,22).